The van der Waals surface area contributed by atoms with Gasteiger partial charge < -0.3 is 16.0 Å². The maximum absolute atomic E-state index is 12.6. The molecule has 236 valence electrons. The molecular weight excluding hydrogens is 576 g/mol. The number of halogens is 1. The standard InChI is InChI=1S/C39H47ClN4O/c1-5-34(28-8-14-31(15-9-28)37(45)42-25-24-41)44-36(30-12-13-30)35(43-39(44)22-20-32(21-23-39)38(2,3)4)29-10-6-26(7-11-29)27-16-18-33(40)19-17-27/h6-11,14-19,32,34H,5,12-13,20-25,41H2,1-4H3,(H,42,45). The first kappa shape index (κ1) is 31.6. The molecule has 5 nitrogen and oxygen atoms in total. The molecule has 2 fully saturated rings. The lowest BCUT2D eigenvalue weighted by Crippen LogP contribution is -2.48. The molecule has 3 aromatic carbocycles. The molecule has 2 aliphatic carbocycles. The van der Waals surface area contributed by atoms with Gasteiger partial charge in [0.2, 0.25) is 0 Å². The average molecular weight is 623 g/mol. The zero-order chi connectivity index (χ0) is 31.8. The molecule has 1 amide bonds. The molecule has 45 heavy (non-hydrogen) atoms. The van der Waals surface area contributed by atoms with Gasteiger partial charge in [-0.15, -0.1) is 0 Å². The van der Waals surface area contributed by atoms with E-state index in [9.17, 15) is 4.79 Å². The number of nitrogens with two attached hydrogens (primary N) is 1. The molecule has 2 saturated carbocycles. The molecule has 3 aromatic rings. The van der Waals surface area contributed by atoms with Gasteiger partial charge in [-0.05, 0) is 103 Å². The van der Waals surface area contributed by atoms with Gasteiger partial charge in [-0.25, -0.2) is 0 Å². The van der Waals surface area contributed by atoms with Crippen LogP contribution in [0.15, 0.2) is 89.1 Å². The quantitative estimate of drug-likeness (QED) is 0.263. The number of aliphatic imine (C=N–C) groups is 1. The van der Waals surface area contributed by atoms with E-state index in [0.717, 1.165) is 48.4 Å². The SMILES string of the molecule is CCC(c1ccc(C(=O)NCCN)cc1)N1C(=C2CC2)C(c2ccc(-c3ccc(Cl)cc3)cc2)=NC12CCC(C(C)(C)C)CC2. The Labute approximate surface area is 274 Å². The second-order valence-electron chi connectivity index (χ2n) is 14.1. The first-order chi connectivity index (χ1) is 21.6. The average Bonchev–Trinajstić information content (AvgIpc) is 3.84. The minimum Gasteiger partial charge on any atom is -0.351 e. The summed E-state index contributed by atoms with van der Waals surface area (Å²) < 4.78 is 0. The third-order valence-electron chi connectivity index (χ3n) is 10.1. The summed E-state index contributed by atoms with van der Waals surface area (Å²) in [6, 6.07) is 25.4. The Morgan fingerprint density at radius 3 is 2.07 bits per heavy atom. The Hall–Kier alpha value is -3.41. The number of allylic oxidation sites excluding steroid dienone is 2. The normalized spacial score (nSPS) is 22.0. The number of rotatable bonds is 8. The van der Waals surface area contributed by atoms with E-state index in [-0.39, 0.29) is 23.0 Å². The van der Waals surface area contributed by atoms with Crippen LogP contribution in [0.25, 0.3) is 11.1 Å². The smallest absolute Gasteiger partial charge is 0.251 e. The van der Waals surface area contributed by atoms with Gasteiger partial charge in [0.05, 0.1) is 17.5 Å². The monoisotopic (exact) mass is 622 g/mol. The van der Waals surface area contributed by atoms with Crippen molar-refractivity contribution in [3.63, 3.8) is 0 Å². The molecule has 0 saturated heterocycles. The van der Waals surface area contributed by atoms with E-state index in [0.29, 0.717) is 24.6 Å². The number of hydrogen-bond donors (Lipinski definition) is 2. The maximum atomic E-state index is 12.6. The van der Waals surface area contributed by atoms with Crippen LogP contribution in [-0.4, -0.2) is 35.3 Å². The highest BCUT2D eigenvalue weighted by Crippen LogP contribution is 2.54. The number of nitrogens with zero attached hydrogens (tertiary/aromatic N) is 2. The third-order valence-corrected chi connectivity index (χ3v) is 10.4. The van der Waals surface area contributed by atoms with Crippen LogP contribution in [0.5, 0.6) is 0 Å². The van der Waals surface area contributed by atoms with Gasteiger partial charge in [0, 0.05) is 29.2 Å². The summed E-state index contributed by atoms with van der Waals surface area (Å²) in [6.07, 6.45) is 7.66. The van der Waals surface area contributed by atoms with Gasteiger partial charge in [-0.3, -0.25) is 9.79 Å². The Kier molecular flexibility index (Phi) is 8.96. The van der Waals surface area contributed by atoms with Crippen molar-refractivity contribution < 1.29 is 4.79 Å². The largest absolute Gasteiger partial charge is 0.351 e. The van der Waals surface area contributed by atoms with Crippen molar-refractivity contribution in [3.8, 4) is 11.1 Å². The van der Waals surface area contributed by atoms with E-state index < -0.39 is 0 Å². The summed E-state index contributed by atoms with van der Waals surface area (Å²) in [5, 5.41) is 3.64. The maximum Gasteiger partial charge on any atom is 0.251 e. The Balaban J connectivity index is 1.38. The highest BCUT2D eigenvalue weighted by molar-refractivity contribution is 6.30. The molecule has 6 rings (SSSR count). The number of amides is 1. The summed E-state index contributed by atoms with van der Waals surface area (Å²) in [5.41, 5.74) is 15.1. The van der Waals surface area contributed by atoms with Crippen LogP contribution >= 0.6 is 11.6 Å². The van der Waals surface area contributed by atoms with Gasteiger partial charge in [0.1, 0.15) is 5.66 Å². The third kappa shape index (κ3) is 6.48. The van der Waals surface area contributed by atoms with Crippen LogP contribution in [0.3, 0.4) is 0 Å². The fraction of sp³-hybridized carbons (Fsp3) is 0.436. The minimum atomic E-state index is -0.269. The molecule has 1 unspecified atom stereocenters. The predicted octanol–water partition coefficient (Wildman–Crippen LogP) is 8.93. The van der Waals surface area contributed by atoms with Crippen molar-refractivity contribution >= 4 is 23.2 Å². The first-order valence-corrected chi connectivity index (χ1v) is 17.1. The van der Waals surface area contributed by atoms with E-state index >= 15 is 0 Å². The molecule has 0 aromatic heterocycles. The number of carbonyl (C=O) groups is 1. The van der Waals surface area contributed by atoms with Crippen molar-refractivity contribution in [2.45, 2.75) is 84.3 Å². The van der Waals surface area contributed by atoms with Crippen molar-refractivity contribution in [1.29, 1.82) is 0 Å². The lowest BCUT2D eigenvalue weighted by molar-refractivity contribution is 0.0292. The number of nitrogens with one attached hydrogen (secondary N) is 1. The Morgan fingerprint density at radius 1 is 0.956 bits per heavy atom. The van der Waals surface area contributed by atoms with Crippen molar-refractivity contribution in [3.05, 3.63) is 106 Å². The zero-order valence-electron chi connectivity index (χ0n) is 27.2. The minimum absolute atomic E-state index is 0.0772. The highest BCUT2D eigenvalue weighted by atomic mass is 35.5. The topological polar surface area (TPSA) is 70.7 Å². The summed E-state index contributed by atoms with van der Waals surface area (Å²) in [5.74, 6) is 0.609. The van der Waals surface area contributed by atoms with Crippen molar-refractivity contribution in [1.82, 2.24) is 10.2 Å². The number of hydrogen-bond acceptors (Lipinski definition) is 4. The Morgan fingerprint density at radius 2 is 1.53 bits per heavy atom. The van der Waals surface area contributed by atoms with E-state index in [1.54, 1.807) is 0 Å². The van der Waals surface area contributed by atoms with Crippen LogP contribution < -0.4 is 11.1 Å². The second-order valence-corrected chi connectivity index (χ2v) is 14.5. The molecule has 1 atom stereocenters. The molecule has 0 bridgehead atoms. The fourth-order valence-electron chi connectivity index (χ4n) is 7.39. The summed E-state index contributed by atoms with van der Waals surface area (Å²) in [6.45, 7) is 10.3. The van der Waals surface area contributed by atoms with Crippen LogP contribution in [-0.2, 0) is 0 Å². The van der Waals surface area contributed by atoms with E-state index in [1.165, 1.54) is 40.8 Å². The molecule has 0 radical (unpaired) electrons. The predicted molar refractivity (Wildman–Crippen MR) is 187 cm³/mol. The summed E-state index contributed by atoms with van der Waals surface area (Å²) >= 11 is 6.15. The van der Waals surface area contributed by atoms with Crippen LogP contribution in [0.4, 0.5) is 0 Å². The molecule has 1 aliphatic heterocycles. The van der Waals surface area contributed by atoms with Gasteiger partial charge in [-0.2, -0.15) is 0 Å². The molecule has 1 spiro atoms. The summed E-state index contributed by atoms with van der Waals surface area (Å²) in [4.78, 5) is 21.1. The molecular formula is C39H47ClN4O. The lowest BCUT2D eigenvalue weighted by Gasteiger charge is -2.49. The first-order valence-electron chi connectivity index (χ1n) is 16.7. The fourth-order valence-corrected chi connectivity index (χ4v) is 7.52. The van der Waals surface area contributed by atoms with Crippen molar-refractivity contribution in [2.24, 2.45) is 22.1 Å². The van der Waals surface area contributed by atoms with Gasteiger partial charge in [-0.1, -0.05) is 87.8 Å². The molecule has 3 aliphatic rings. The van der Waals surface area contributed by atoms with Crippen LogP contribution in [0.2, 0.25) is 5.02 Å². The second kappa shape index (κ2) is 12.8. The van der Waals surface area contributed by atoms with Crippen molar-refractivity contribution in [2.75, 3.05) is 13.1 Å². The van der Waals surface area contributed by atoms with Crippen LogP contribution in [0.1, 0.15) is 100 Å². The van der Waals surface area contributed by atoms with Gasteiger partial charge >= 0.3 is 0 Å². The summed E-state index contributed by atoms with van der Waals surface area (Å²) in [7, 11) is 0. The van der Waals surface area contributed by atoms with E-state index in [4.69, 9.17) is 22.3 Å². The van der Waals surface area contributed by atoms with Crippen LogP contribution in [0, 0.1) is 11.3 Å². The van der Waals surface area contributed by atoms with E-state index in [2.05, 4.69) is 86.4 Å². The Bertz CT molecular complexity index is 1570. The number of benzene rings is 3. The molecule has 6 heteroatoms. The molecule has 3 N–H and O–H groups in total. The molecule has 1 heterocycles. The lowest BCUT2D eigenvalue weighted by atomic mass is 9.69. The van der Waals surface area contributed by atoms with Gasteiger partial charge in [0.25, 0.3) is 5.91 Å². The van der Waals surface area contributed by atoms with Gasteiger partial charge in [0.15, 0.2) is 0 Å². The number of carbonyl (C=O) groups excluding carboxylic acids is 1. The van der Waals surface area contributed by atoms with E-state index in [1.807, 2.05) is 24.3 Å². The highest BCUT2D eigenvalue weighted by Gasteiger charge is 2.51. The zero-order valence-corrected chi connectivity index (χ0v) is 28.0.